The number of nitrogens with zero attached hydrogens (tertiary/aromatic N) is 4. The maximum Gasteiger partial charge on any atom is 0.211 e. The summed E-state index contributed by atoms with van der Waals surface area (Å²) in [5, 5.41) is 14.3. The molecule has 0 aliphatic rings. The van der Waals surface area contributed by atoms with Gasteiger partial charge in [-0.1, -0.05) is 53.2 Å². The van der Waals surface area contributed by atoms with Gasteiger partial charge in [-0.3, -0.25) is 0 Å². The Morgan fingerprint density at radius 1 is 1.11 bits per heavy atom. The second-order valence-corrected chi connectivity index (χ2v) is 7.10. The van der Waals surface area contributed by atoms with Crippen molar-refractivity contribution in [3.63, 3.8) is 0 Å². The van der Waals surface area contributed by atoms with Crippen molar-refractivity contribution >= 4 is 41.2 Å². The Bertz CT molecular complexity index is 941. The molecular weight excluding hydrogens is 419 g/mol. The molecule has 6 nitrogen and oxygen atoms in total. The monoisotopic (exact) mass is 436 g/mol. The molecule has 0 saturated heterocycles. The fraction of sp³-hybridized carbons (Fsp3) is 0.211. The normalized spacial score (nSPS) is 11.1. The highest BCUT2D eigenvalue weighted by Crippen LogP contribution is 2.33. The predicted molar refractivity (Wildman–Crippen MR) is 113 cm³/mol. The third kappa shape index (κ3) is 4.98. The van der Waals surface area contributed by atoms with E-state index in [1.165, 1.54) is 11.8 Å². The van der Waals surface area contributed by atoms with Crippen LogP contribution in [0.15, 0.2) is 52.7 Å². The molecule has 0 saturated carbocycles. The van der Waals surface area contributed by atoms with Crippen molar-refractivity contribution in [2.24, 2.45) is 5.10 Å². The number of halogens is 2. The number of hydrogen-bond acceptors (Lipinski definition) is 6. The Morgan fingerprint density at radius 2 is 1.82 bits per heavy atom. The molecule has 0 unspecified atom stereocenters. The summed E-state index contributed by atoms with van der Waals surface area (Å²) in [6.07, 6.45) is 3.55. The molecule has 9 heteroatoms. The van der Waals surface area contributed by atoms with E-state index in [0.29, 0.717) is 33.4 Å². The quantitative estimate of drug-likeness (QED) is 0.360. The summed E-state index contributed by atoms with van der Waals surface area (Å²) in [6.45, 7) is 2.59. The van der Waals surface area contributed by atoms with Crippen molar-refractivity contribution in [2.45, 2.75) is 18.7 Å². The highest BCUT2D eigenvalue weighted by Gasteiger charge is 2.12. The minimum atomic E-state index is 0.236. The van der Waals surface area contributed by atoms with Gasteiger partial charge in [-0.2, -0.15) is 9.78 Å². The molecule has 28 heavy (non-hydrogen) atoms. The van der Waals surface area contributed by atoms with Crippen LogP contribution in [0.1, 0.15) is 18.3 Å². The molecule has 1 heterocycles. The van der Waals surface area contributed by atoms with Gasteiger partial charge in [-0.15, -0.1) is 10.2 Å². The van der Waals surface area contributed by atoms with Crippen molar-refractivity contribution in [1.29, 1.82) is 0 Å². The van der Waals surface area contributed by atoms with E-state index in [0.717, 1.165) is 11.3 Å². The Balaban J connectivity index is 1.82. The van der Waals surface area contributed by atoms with Gasteiger partial charge in [0.2, 0.25) is 5.16 Å². The third-order valence-electron chi connectivity index (χ3n) is 3.60. The van der Waals surface area contributed by atoms with E-state index >= 15 is 0 Å². The van der Waals surface area contributed by atoms with Crippen molar-refractivity contribution in [2.75, 3.05) is 12.9 Å². The number of thioether (sulfide) groups is 1. The molecular formula is C19H18Cl2N4O2S. The van der Waals surface area contributed by atoms with E-state index in [1.807, 2.05) is 43.5 Å². The topological polar surface area (TPSA) is 61.5 Å². The van der Waals surface area contributed by atoms with Gasteiger partial charge < -0.3 is 9.47 Å². The maximum atomic E-state index is 6.25. The number of benzene rings is 2. The summed E-state index contributed by atoms with van der Waals surface area (Å²) >= 11 is 13.9. The summed E-state index contributed by atoms with van der Waals surface area (Å²) in [4.78, 5) is 0. The third-order valence-corrected chi connectivity index (χ3v) is 4.78. The second kappa shape index (κ2) is 9.82. The average molecular weight is 437 g/mol. The first kappa shape index (κ1) is 20.5. The minimum absolute atomic E-state index is 0.236. The largest absolute Gasteiger partial charge is 0.491 e. The van der Waals surface area contributed by atoms with E-state index < -0.39 is 0 Å². The van der Waals surface area contributed by atoms with E-state index in [2.05, 4.69) is 15.3 Å². The number of para-hydroxylation sites is 1. The van der Waals surface area contributed by atoms with Crippen molar-refractivity contribution in [3.05, 3.63) is 63.9 Å². The summed E-state index contributed by atoms with van der Waals surface area (Å²) in [5.74, 6) is 1.79. The number of aromatic nitrogens is 3. The smallest absolute Gasteiger partial charge is 0.211 e. The van der Waals surface area contributed by atoms with Crippen LogP contribution in [0.2, 0.25) is 10.0 Å². The van der Waals surface area contributed by atoms with Crippen molar-refractivity contribution in [1.82, 2.24) is 14.9 Å². The molecule has 0 N–H and O–H groups in total. The van der Waals surface area contributed by atoms with Gasteiger partial charge in [-0.25, -0.2) is 0 Å². The standard InChI is InChI=1S/C19H18Cl2N4O2S/c1-3-26-18-15(20)9-13(10-16(18)21)11-22-25-17(23-24-19(25)28-2)12-27-14-7-5-4-6-8-14/h4-11H,3,12H2,1-2H3/b22-11-. The summed E-state index contributed by atoms with van der Waals surface area (Å²) in [5.41, 5.74) is 0.731. The first-order chi connectivity index (χ1) is 13.6. The molecule has 0 radical (unpaired) electrons. The zero-order chi connectivity index (χ0) is 19.9. The molecule has 1 aromatic heterocycles. The highest BCUT2D eigenvalue weighted by atomic mass is 35.5. The molecule has 3 aromatic rings. The molecule has 0 amide bonds. The lowest BCUT2D eigenvalue weighted by Gasteiger charge is -2.09. The van der Waals surface area contributed by atoms with Gasteiger partial charge in [0, 0.05) is 0 Å². The SMILES string of the molecule is CCOc1c(Cl)cc(/C=N\n2c(COc3ccccc3)nnc2SC)cc1Cl. The molecule has 0 aliphatic heterocycles. The molecule has 0 aliphatic carbocycles. The van der Waals surface area contributed by atoms with E-state index in [1.54, 1.807) is 23.0 Å². The van der Waals surface area contributed by atoms with Crippen LogP contribution in [0.3, 0.4) is 0 Å². The lowest BCUT2D eigenvalue weighted by molar-refractivity contribution is 0.290. The lowest BCUT2D eigenvalue weighted by atomic mass is 10.2. The van der Waals surface area contributed by atoms with Crippen LogP contribution in [0.25, 0.3) is 0 Å². The number of hydrogen-bond donors (Lipinski definition) is 0. The van der Waals surface area contributed by atoms with Gasteiger partial charge >= 0.3 is 0 Å². The van der Waals surface area contributed by atoms with Gasteiger partial charge in [0.15, 0.2) is 11.6 Å². The van der Waals surface area contributed by atoms with Crippen LogP contribution >= 0.6 is 35.0 Å². The molecule has 0 fully saturated rings. The first-order valence-corrected chi connectivity index (χ1v) is 10.4. The molecule has 2 aromatic carbocycles. The first-order valence-electron chi connectivity index (χ1n) is 8.44. The maximum absolute atomic E-state index is 6.25. The van der Waals surface area contributed by atoms with Gasteiger partial charge in [-0.05, 0) is 43.0 Å². The Labute approximate surface area is 177 Å². The molecule has 146 valence electrons. The zero-order valence-electron chi connectivity index (χ0n) is 15.3. The van der Waals surface area contributed by atoms with Gasteiger partial charge in [0.1, 0.15) is 12.4 Å². The van der Waals surface area contributed by atoms with E-state index in [9.17, 15) is 0 Å². The van der Waals surface area contributed by atoms with Crippen LogP contribution < -0.4 is 9.47 Å². The van der Waals surface area contributed by atoms with E-state index in [-0.39, 0.29) is 6.61 Å². The fourth-order valence-electron chi connectivity index (χ4n) is 2.35. The van der Waals surface area contributed by atoms with Crippen LogP contribution in [0.5, 0.6) is 11.5 Å². The number of ether oxygens (including phenoxy) is 2. The Hall–Kier alpha value is -2.22. The fourth-order valence-corrected chi connectivity index (χ4v) is 3.42. The van der Waals surface area contributed by atoms with Gasteiger partial charge in [0.25, 0.3) is 0 Å². The zero-order valence-corrected chi connectivity index (χ0v) is 17.6. The molecule has 0 atom stereocenters. The average Bonchev–Trinajstić information content (AvgIpc) is 3.10. The molecule has 0 spiro atoms. The predicted octanol–water partition coefficient (Wildman–Crippen LogP) is 5.17. The minimum Gasteiger partial charge on any atom is -0.491 e. The lowest BCUT2D eigenvalue weighted by Crippen LogP contribution is -2.05. The van der Waals surface area contributed by atoms with Crippen LogP contribution in [0, 0.1) is 0 Å². The molecule has 0 bridgehead atoms. The Kier molecular flexibility index (Phi) is 7.19. The van der Waals surface area contributed by atoms with Crippen molar-refractivity contribution in [3.8, 4) is 11.5 Å². The summed E-state index contributed by atoms with van der Waals surface area (Å²) in [6, 6.07) is 13.0. The summed E-state index contributed by atoms with van der Waals surface area (Å²) < 4.78 is 12.8. The van der Waals surface area contributed by atoms with E-state index in [4.69, 9.17) is 32.7 Å². The highest BCUT2D eigenvalue weighted by molar-refractivity contribution is 7.98. The van der Waals surface area contributed by atoms with Gasteiger partial charge in [0.05, 0.1) is 22.9 Å². The van der Waals surface area contributed by atoms with Crippen molar-refractivity contribution < 1.29 is 9.47 Å². The van der Waals surface area contributed by atoms with Crippen LogP contribution in [-0.2, 0) is 6.61 Å². The number of rotatable bonds is 8. The second-order valence-electron chi connectivity index (χ2n) is 5.51. The van der Waals surface area contributed by atoms with Crippen LogP contribution in [-0.4, -0.2) is 34.0 Å². The summed E-state index contributed by atoms with van der Waals surface area (Å²) in [7, 11) is 0. The van der Waals surface area contributed by atoms with Crippen LogP contribution in [0.4, 0.5) is 0 Å². The Morgan fingerprint density at radius 3 is 2.46 bits per heavy atom. The molecule has 3 rings (SSSR count).